The molecule has 0 atom stereocenters. The fourth-order valence-electron chi connectivity index (χ4n) is 1.77. The van der Waals surface area contributed by atoms with Gasteiger partial charge in [-0.3, -0.25) is 4.28 Å². The van der Waals surface area contributed by atoms with Crippen LogP contribution in [0.5, 0.6) is 0 Å². The SMILES string of the molecule is CCOC(=O)C(=NOS(=O)(=O)c1ccc(C)cc1)c1cc(C)cs1. The minimum absolute atomic E-state index is 0.0394. The van der Waals surface area contributed by atoms with Crippen LogP contribution in [-0.4, -0.2) is 26.7 Å². The lowest BCUT2D eigenvalue weighted by Crippen LogP contribution is -2.19. The van der Waals surface area contributed by atoms with Crippen molar-refractivity contribution in [3.63, 3.8) is 0 Å². The summed E-state index contributed by atoms with van der Waals surface area (Å²) in [7, 11) is -4.11. The average molecular weight is 367 g/mol. The summed E-state index contributed by atoms with van der Waals surface area (Å²) in [5, 5.41) is 5.38. The van der Waals surface area contributed by atoms with Crippen molar-refractivity contribution in [2.24, 2.45) is 5.16 Å². The number of esters is 1. The van der Waals surface area contributed by atoms with Gasteiger partial charge in [0.05, 0.1) is 11.5 Å². The van der Waals surface area contributed by atoms with Crippen LogP contribution in [0.2, 0.25) is 0 Å². The molecule has 0 aliphatic heterocycles. The molecule has 0 unspecified atom stereocenters. The molecule has 24 heavy (non-hydrogen) atoms. The normalized spacial score (nSPS) is 12.0. The van der Waals surface area contributed by atoms with E-state index in [1.165, 1.54) is 23.5 Å². The van der Waals surface area contributed by atoms with Crippen LogP contribution in [0.3, 0.4) is 0 Å². The van der Waals surface area contributed by atoms with Crippen molar-refractivity contribution in [1.82, 2.24) is 0 Å². The number of benzene rings is 1. The summed E-state index contributed by atoms with van der Waals surface area (Å²) in [4.78, 5) is 12.5. The molecule has 0 aliphatic rings. The predicted molar refractivity (Wildman–Crippen MR) is 91.7 cm³/mol. The molecule has 0 amide bonds. The Kier molecular flexibility index (Phi) is 5.74. The third-order valence-corrected chi connectivity index (χ3v) is 5.14. The molecule has 1 heterocycles. The number of hydrogen-bond donors (Lipinski definition) is 0. The second-order valence-corrected chi connectivity index (χ2v) is 7.43. The van der Waals surface area contributed by atoms with Gasteiger partial charge in [0.2, 0.25) is 5.71 Å². The van der Waals surface area contributed by atoms with Crippen LogP contribution in [0.25, 0.3) is 0 Å². The van der Waals surface area contributed by atoms with Gasteiger partial charge in [-0.15, -0.1) is 11.3 Å². The van der Waals surface area contributed by atoms with Crippen LogP contribution < -0.4 is 0 Å². The van der Waals surface area contributed by atoms with Gasteiger partial charge in [0.15, 0.2) is 0 Å². The Labute approximate surface area is 144 Å². The summed E-state index contributed by atoms with van der Waals surface area (Å²) < 4.78 is 34.0. The van der Waals surface area contributed by atoms with E-state index in [2.05, 4.69) is 5.16 Å². The van der Waals surface area contributed by atoms with Gasteiger partial charge in [-0.05, 0) is 49.9 Å². The summed E-state index contributed by atoms with van der Waals surface area (Å²) in [6, 6.07) is 7.84. The minimum Gasteiger partial charge on any atom is -0.461 e. The molecule has 0 aliphatic carbocycles. The molecule has 1 aromatic carbocycles. The molecule has 0 saturated carbocycles. The maximum Gasteiger partial charge on any atom is 0.361 e. The molecule has 0 radical (unpaired) electrons. The van der Waals surface area contributed by atoms with E-state index >= 15 is 0 Å². The third kappa shape index (κ3) is 4.42. The first kappa shape index (κ1) is 18.2. The third-order valence-electron chi connectivity index (χ3n) is 2.97. The number of carbonyl (C=O) groups is 1. The van der Waals surface area contributed by atoms with Gasteiger partial charge >= 0.3 is 16.1 Å². The summed E-state index contributed by atoms with van der Waals surface area (Å²) >= 11 is 1.25. The molecule has 0 bridgehead atoms. The van der Waals surface area contributed by atoms with Crippen molar-refractivity contribution in [1.29, 1.82) is 0 Å². The second-order valence-electron chi connectivity index (χ2n) is 4.99. The smallest absolute Gasteiger partial charge is 0.361 e. The summed E-state index contributed by atoms with van der Waals surface area (Å²) in [5.74, 6) is -0.738. The molecule has 0 fully saturated rings. The maximum absolute atomic E-state index is 12.2. The molecular formula is C16H17NO5S2. The first-order valence-electron chi connectivity index (χ1n) is 7.14. The Morgan fingerprint density at radius 1 is 1.17 bits per heavy atom. The first-order valence-corrected chi connectivity index (χ1v) is 9.43. The van der Waals surface area contributed by atoms with Crippen molar-refractivity contribution in [3.8, 4) is 0 Å². The van der Waals surface area contributed by atoms with E-state index in [4.69, 9.17) is 9.02 Å². The Bertz CT molecular complexity index is 851. The van der Waals surface area contributed by atoms with Crippen molar-refractivity contribution >= 4 is 33.1 Å². The molecule has 0 spiro atoms. The van der Waals surface area contributed by atoms with Gasteiger partial charge in [0.1, 0.15) is 4.90 Å². The highest BCUT2D eigenvalue weighted by Gasteiger charge is 2.22. The Morgan fingerprint density at radius 2 is 1.83 bits per heavy atom. The monoisotopic (exact) mass is 367 g/mol. The van der Waals surface area contributed by atoms with E-state index in [1.54, 1.807) is 25.1 Å². The van der Waals surface area contributed by atoms with Crippen LogP contribution in [0.4, 0.5) is 0 Å². The lowest BCUT2D eigenvalue weighted by molar-refractivity contribution is -0.135. The standard InChI is InChI=1S/C16H17NO5S2/c1-4-21-16(18)15(14-9-12(3)10-23-14)17-22-24(19,20)13-7-5-11(2)6-8-13/h5-10H,4H2,1-3H3. The van der Waals surface area contributed by atoms with Crippen LogP contribution in [0.1, 0.15) is 22.9 Å². The van der Waals surface area contributed by atoms with E-state index < -0.39 is 16.1 Å². The van der Waals surface area contributed by atoms with Gasteiger partial charge in [-0.25, -0.2) is 4.79 Å². The van der Waals surface area contributed by atoms with Gasteiger partial charge in [0.25, 0.3) is 0 Å². The quantitative estimate of drug-likeness (QED) is 0.445. The van der Waals surface area contributed by atoms with Crippen molar-refractivity contribution < 1.29 is 22.2 Å². The minimum atomic E-state index is -4.11. The molecule has 0 saturated heterocycles. The Morgan fingerprint density at radius 3 is 2.38 bits per heavy atom. The van der Waals surface area contributed by atoms with Crippen LogP contribution in [0, 0.1) is 13.8 Å². The zero-order valence-corrected chi connectivity index (χ0v) is 15.1. The molecule has 8 heteroatoms. The van der Waals surface area contributed by atoms with E-state index in [0.717, 1.165) is 11.1 Å². The van der Waals surface area contributed by atoms with E-state index in [9.17, 15) is 13.2 Å². The number of thiophene rings is 1. The molecular weight excluding hydrogens is 350 g/mol. The van der Waals surface area contributed by atoms with Crippen LogP contribution in [0.15, 0.2) is 45.8 Å². The van der Waals surface area contributed by atoms with Crippen molar-refractivity contribution in [3.05, 3.63) is 51.7 Å². The molecule has 0 N–H and O–H groups in total. The predicted octanol–water partition coefficient (Wildman–Crippen LogP) is 3.04. The number of nitrogens with zero attached hydrogens (tertiary/aromatic N) is 1. The number of ether oxygens (including phenoxy) is 1. The number of oxime groups is 1. The van der Waals surface area contributed by atoms with Gasteiger partial charge in [0, 0.05) is 0 Å². The zero-order valence-electron chi connectivity index (χ0n) is 13.5. The largest absolute Gasteiger partial charge is 0.461 e. The number of hydrogen-bond acceptors (Lipinski definition) is 7. The van der Waals surface area contributed by atoms with Gasteiger partial charge in [-0.1, -0.05) is 22.9 Å². The number of aryl methyl sites for hydroxylation is 2. The highest BCUT2D eigenvalue weighted by molar-refractivity contribution is 7.86. The van der Waals surface area contributed by atoms with Crippen LogP contribution >= 0.6 is 11.3 Å². The van der Waals surface area contributed by atoms with Crippen molar-refractivity contribution in [2.75, 3.05) is 6.61 Å². The number of rotatable bonds is 6. The summed E-state index contributed by atoms with van der Waals surface area (Å²) in [5.41, 5.74) is 1.66. The summed E-state index contributed by atoms with van der Waals surface area (Å²) in [6.07, 6.45) is 0. The van der Waals surface area contributed by atoms with Gasteiger partial charge < -0.3 is 4.74 Å². The van der Waals surface area contributed by atoms with E-state index in [-0.39, 0.29) is 17.2 Å². The number of carbonyl (C=O) groups excluding carboxylic acids is 1. The fraction of sp³-hybridized carbons (Fsp3) is 0.250. The molecule has 128 valence electrons. The second kappa shape index (κ2) is 7.59. The zero-order chi connectivity index (χ0) is 17.7. The van der Waals surface area contributed by atoms with Crippen LogP contribution in [-0.2, 0) is 23.9 Å². The molecule has 6 nitrogen and oxygen atoms in total. The van der Waals surface area contributed by atoms with E-state index in [0.29, 0.717) is 4.88 Å². The highest BCUT2D eigenvalue weighted by Crippen LogP contribution is 2.18. The highest BCUT2D eigenvalue weighted by atomic mass is 32.2. The van der Waals surface area contributed by atoms with Gasteiger partial charge in [-0.2, -0.15) is 8.42 Å². The Hall–Kier alpha value is -2.19. The molecule has 1 aromatic heterocycles. The topological polar surface area (TPSA) is 82.0 Å². The van der Waals surface area contributed by atoms with E-state index in [1.807, 2.05) is 19.2 Å². The molecule has 2 rings (SSSR count). The molecule has 2 aromatic rings. The maximum atomic E-state index is 12.2. The first-order chi connectivity index (χ1) is 11.3. The van der Waals surface area contributed by atoms with Crippen molar-refractivity contribution in [2.45, 2.75) is 25.7 Å². The average Bonchev–Trinajstić information content (AvgIpc) is 2.94. The lowest BCUT2D eigenvalue weighted by Gasteiger charge is -2.05. The lowest BCUT2D eigenvalue weighted by atomic mass is 10.2. The fourth-order valence-corrected chi connectivity index (χ4v) is 3.37. The summed E-state index contributed by atoms with van der Waals surface area (Å²) in [6.45, 7) is 5.49. The Balaban J connectivity index is 2.32.